The number of aryl methyl sites for hydroxylation is 1. The molecule has 218 valence electrons. The van der Waals surface area contributed by atoms with E-state index in [-0.39, 0.29) is 4.90 Å². The van der Waals surface area contributed by atoms with Crippen LogP contribution in [0.15, 0.2) is 40.6 Å². The second kappa shape index (κ2) is 14.7. The molecule has 39 heavy (non-hydrogen) atoms. The number of aliphatic carboxylic acids is 2. The normalized spacial score (nSPS) is 15.2. The van der Waals surface area contributed by atoms with Gasteiger partial charge in [-0.2, -0.15) is 4.72 Å². The average Bonchev–Trinajstić information content (AvgIpc) is 2.82. The predicted octanol–water partition coefficient (Wildman–Crippen LogP) is 0.555. The fourth-order valence-electron chi connectivity index (χ4n) is 3.31. The van der Waals surface area contributed by atoms with E-state index in [1.165, 1.54) is 12.1 Å². The summed E-state index contributed by atoms with van der Waals surface area (Å²) in [5.74, 6) is -4.91. The molecule has 0 aliphatic heterocycles. The first-order valence-corrected chi connectivity index (χ1v) is 15.4. The molecule has 2 unspecified atom stereocenters. The lowest BCUT2D eigenvalue weighted by Gasteiger charge is -2.27. The number of hydrogen-bond donors (Lipinski definition) is 5. The van der Waals surface area contributed by atoms with Crippen LogP contribution in [0.2, 0.25) is 0 Å². The molecule has 15 heteroatoms. The minimum atomic E-state index is -4.24. The Kier molecular flexibility index (Phi) is 12.8. The molecule has 0 saturated heterocycles. The zero-order valence-electron chi connectivity index (χ0n) is 22.1. The van der Waals surface area contributed by atoms with Gasteiger partial charge in [0.25, 0.3) is 0 Å². The van der Waals surface area contributed by atoms with Gasteiger partial charge in [-0.25, -0.2) is 16.8 Å². The number of rotatable bonds is 16. The summed E-state index contributed by atoms with van der Waals surface area (Å²) in [5, 5.41) is 23.8. The third-order valence-corrected chi connectivity index (χ3v) is 7.80. The van der Waals surface area contributed by atoms with Crippen LogP contribution in [0, 0.1) is 12.8 Å². The van der Waals surface area contributed by atoms with Crippen molar-refractivity contribution in [3.8, 4) is 0 Å². The predicted molar refractivity (Wildman–Crippen MR) is 142 cm³/mol. The standard InChI is InChI=1S/C24H35N3O10S2/c1-5-16(3)22(24(33)25-17(14-21(30)31)12-13-38(4,34)35)26-23(32)19(10-11-20(28)29)27-39(36,37)18-8-6-15(2)7-9-18/h6-9,12-13,16-17,19,22,27H,5,10-11,14H2,1-4H3,(H,25,33)(H,26,32)(H,28,29)(H,30,31)/b13-12+/t16?,17-,19+,22?/m1/s1. The number of carboxylic acid groups (broad SMARTS) is 2. The Morgan fingerprint density at radius 3 is 2.03 bits per heavy atom. The second-order valence-electron chi connectivity index (χ2n) is 9.16. The summed E-state index contributed by atoms with van der Waals surface area (Å²) in [6, 6.07) is 1.70. The van der Waals surface area contributed by atoms with Crippen LogP contribution in [-0.4, -0.2) is 75.2 Å². The molecule has 2 amide bonds. The maximum absolute atomic E-state index is 13.2. The number of carbonyl (C=O) groups is 4. The Hall–Kier alpha value is -3.30. The molecule has 0 fully saturated rings. The van der Waals surface area contributed by atoms with Crippen molar-refractivity contribution < 1.29 is 46.2 Å². The highest BCUT2D eigenvalue weighted by Gasteiger charge is 2.32. The van der Waals surface area contributed by atoms with E-state index in [0.717, 1.165) is 23.3 Å². The number of sulfone groups is 1. The van der Waals surface area contributed by atoms with Crippen LogP contribution in [-0.2, 0) is 39.0 Å². The smallest absolute Gasteiger partial charge is 0.305 e. The summed E-state index contributed by atoms with van der Waals surface area (Å²) in [6.07, 6.45) is 0.653. The molecule has 0 aromatic heterocycles. The average molecular weight is 590 g/mol. The van der Waals surface area contributed by atoms with Gasteiger partial charge >= 0.3 is 11.9 Å². The van der Waals surface area contributed by atoms with Crippen molar-refractivity contribution in [1.82, 2.24) is 15.4 Å². The lowest BCUT2D eigenvalue weighted by atomic mass is 9.97. The molecule has 0 aliphatic rings. The largest absolute Gasteiger partial charge is 0.481 e. The molecule has 0 bridgehead atoms. The van der Waals surface area contributed by atoms with Gasteiger partial charge in [0.05, 0.1) is 17.4 Å². The zero-order valence-corrected chi connectivity index (χ0v) is 23.7. The van der Waals surface area contributed by atoms with Crippen molar-refractivity contribution in [3.63, 3.8) is 0 Å². The van der Waals surface area contributed by atoms with Crippen LogP contribution in [0.1, 0.15) is 45.1 Å². The highest BCUT2D eigenvalue weighted by atomic mass is 32.2. The van der Waals surface area contributed by atoms with Crippen LogP contribution in [0.25, 0.3) is 0 Å². The van der Waals surface area contributed by atoms with Gasteiger partial charge in [-0.3, -0.25) is 19.2 Å². The first kappa shape index (κ1) is 33.7. The Morgan fingerprint density at radius 2 is 1.54 bits per heavy atom. The monoisotopic (exact) mass is 589 g/mol. The number of nitrogens with one attached hydrogen (secondary N) is 3. The summed E-state index contributed by atoms with van der Waals surface area (Å²) < 4.78 is 50.9. The summed E-state index contributed by atoms with van der Waals surface area (Å²) in [5.41, 5.74) is 0.795. The fourth-order valence-corrected chi connectivity index (χ4v) is 5.01. The van der Waals surface area contributed by atoms with Crippen LogP contribution in [0.4, 0.5) is 0 Å². The van der Waals surface area contributed by atoms with Crippen molar-refractivity contribution in [3.05, 3.63) is 41.3 Å². The topological polar surface area (TPSA) is 213 Å². The molecular formula is C24H35N3O10S2. The first-order valence-electron chi connectivity index (χ1n) is 12.0. The molecule has 4 atom stereocenters. The minimum absolute atomic E-state index is 0.147. The van der Waals surface area contributed by atoms with Crippen molar-refractivity contribution in [2.24, 2.45) is 5.92 Å². The van der Waals surface area contributed by atoms with Gasteiger partial charge in [-0.15, -0.1) is 0 Å². The van der Waals surface area contributed by atoms with E-state index in [9.17, 15) is 36.0 Å². The first-order chi connectivity index (χ1) is 17.9. The van der Waals surface area contributed by atoms with E-state index >= 15 is 0 Å². The molecule has 13 nitrogen and oxygen atoms in total. The molecule has 0 aliphatic carbocycles. The second-order valence-corrected chi connectivity index (χ2v) is 12.8. The summed E-state index contributed by atoms with van der Waals surface area (Å²) in [6.45, 7) is 5.09. The molecule has 0 spiro atoms. The molecular weight excluding hydrogens is 554 g/mol. The maximum Gasteiger partial charge on any atom is 0.305 e. The Balaban J connectivity index is 3.24. The third-order valence-electron chi connectivity index (χ3n) is 5.67. The quantitative estimate of drug-likeness (QED) is 0.181. The zero-order chi connectivity index (χ0) is 30.0. The number of benzene rings is 1. The third kappa shape index (κ3) is 12.4. The summed E-state index contributed by atoms with van der Waals surface area (Å²) in [4.78, 5) is 48.5. The van der Waals surface area contributed by atoms with Gasteiger partial charge in [0.15, 0.2) is 9.84 Å². The van der Waals surface area contributed by atoms with Gasteiger partial charge < -0.3 is 20.8 Å². The van der Waals surface area contributed by atoms with Crippen LogP contribution in [0.3, 0.4) is 0 Å². The number of carbonyl (C=O) groups excluding carboxylic acids is 2. The van der Waals surface area contributed by atoms with E-state index in [4.69, 9.17) is 10.2 Å². The molecule has 0 radical (unpaired) electrons. The van der Waals surface area contributed by atoms with Gasteiger partial charge in [0, 0.05) is 18.1 Å². The lowest BCUT2D eigenvalue weighted by molar-refractivity contribution is -0.139. The maximum atomic E-state index is 13.2. The molecule has 5 N–H and O–H groups in total. The molecule has 1 rings (SSSR count). The SMILES string of the molecule is CCC(C)C(NC(=O)[C@H](CCC(=O)O)NS(=O)(=O)c1ccc(C)cc1)C(=O)N[C@H](/C=C/S(C)(=O)=O)CC(=O)O. The molecule has 1 aromatic carbocycles. The highest BCUT2D eigenvalue weighted by Crippen LogP contribution is 2.14. The van der Waals surface area contributed by atoms with E-state index in [1.54, 1.807) is 32.9 Å². The molecule has 0 heterocycles. The van der Waals surface area contributed by atoms with Crippen molar-refractivity contribution in [2.75, 3.05) is 6.26 Å². The number of amides is 2. The van der Waals surface area contributed by atoms with E-state index in [1.807, 2.05) is 0 Å². The molecule has 0 saturated carbocycles. The van der Waals surface area contributed by atoms with Gasteiger partial charge in [-0.1, -0.05) is 44.0 Å². The van der Waals surface area contributed by atoms with E-state index in [2.05, 4.69) is 15.4 Å². The Morgan fingerprint density at radius 1 is 0.949 bits per heavy atom. The van der Waals surface area contributed by atoms with Gasteiger partial charge in [0.2, 0.25) is 21.8 Å². The minimum Gasteiger partial charge on any atom is -0.481 e. The van der Waals surface area contributed by atoms with Crippen LogP contribution in [0.5, 0.6) is 0 Å². The Labute approximate surface area is 228 Å². The molecule has 1 aromatic rings. The Bertz CT molecular complexity index is 1280. The summed E-state index contributed by atoms with van der Waals surface area (Å²) in [7, 11) is -7.87. The summed E-state index contributed by atoms with van der Waals surface area (Å²) >= 11 is 0. The number of hydrogen-bond acceptors (Lipinski definition) is 8. The number of sulfonamides is 1. The van der Waals surface area contributed by atoms with Gasteiger partial charge in [-0.05, 0) is 31.4 Å². The van der Waals surface area contributed by atoms with Crippen molar-refractivity contribution in [2.45, 2.75) is 69.5 Å². The van der Waals surface area contributed by atoms with Crippen LogP contribution < -0.4 is 15.4 Å². The van der Waals surface area contributed by atoms with E-state index in [0.29, 0.717) is 6.42 Å². The van der Waals surface area contributed by atoms with Gasteiger partial charge in [0.1, 0.15) is 12.1 Å². The highest BCUT2D eigenvalue weighted by molar-refractivity contribution is 7.93. The van der Waals surface area contributed by atoms with Crippen LogP contribution >= 0.6 is 0 Å². The van der Waals surface area contributed by atoms with E-state index < -0.39 is 86.9 Å². The lowest BCUT2D eigenvalue weighted by Crippen LogP contribution is -2.57. The van der Waals surface area contributed by atoms with Crippen molar-refractivity contribution in [1.29, 1.82) is 0 Å². The van der Waals surface area contributed by atoms with Crippen molar-refractivity contribution >= 4 is 43.6 Å². The fraction of sp³-hybridized carbons (Fsp3) is 0.500. The number of carboxylic acids is 2.